The van der Waals surface area contributed by atoms with Gasteiger partial charge in [0.2, 0.25) is 6.29 Å². The molecule has 4 aromatic carbocycles. The summed E-state index contributed by atoms with van der Waals surface area (Å²) in [4.78, 5) is 72.6. The Balaban J connectivity index is 1.56. The van der Waals surface area contributed by atoms with Crippen LogP contribution in [0.2, 0.25) is 0 Å². The minimum Gasteiger partial charge on any atom is -0.459 e. The van der Waals surface area contributed by atoms with E-state index in [1.54, 1.807) is 72.8 Å². The van der Waals surface area contributed by atoms with Crippen molar-refractivity contribution >= 4 is 31.7 Å². The van der Waals surface area contributed by atoms with Gasteiger partial charge in [0.25, 0.3) is 0 Å². The number of rotatable bonds is 11. The third kappa shape index (κ3) is 9.00. The van der Waals surface area contributed by atoms with Crippen molar-refractivity contribution in [2.75, 3.05) is 6.61 Å². The molecule has 0 aromatic heterocycles. The van der Waals surface area contributed by atoms with E-state index in [1.807, 2.05) is 0 Å². The fourth-order valence-corrected chi connectivity index (χ4v) is 5.19. The summed E-state index contributed by atoms with van der Waals surface area (Å²) in [6.07, 6.45) is -9.10. The first-order valence-electron chi connectivity index (χ1n) is 14.5. The van der Waals surface area contributed by atoms with Crippen molar-refractivity contribution < 1.29 is 61.7 Å². The highest BCUT2D eigenvalue weighted by atomic mass is 31.2. The maximum Gasteiger partial charge on any atom is 0.472 e. The molecule has 1 saturated heterocycles. The van der Waals surface area contributed by atoms with Gasteiger partial charge in [-0.15, -0.1) is 0 Å². The van der Waals surface area contributed by atoms with Crippen LogP contribution in [0, 0.1) is 0 Å². The molecule has 0 spiro atoms. The van der Waals surface area contributed by atoms with E-state index < -0.39 is 69.0 Å². The largest absolute Gasteiger partial charge is 0.472 e. The smallest absolute Gasteiger partial charge is 0.459 e. The lowest BCUT2D eigenvalue weighted by Gasteiger charge is -2.44. The topological polar surface area (TPSA) is 181 Å². The number of phosphoric acid groups is 1. The molecule has 1 aliphatic rings. The van der Waals surface area contributed by atoms with Gasteiger partial charge in [0.1, 0.15) is 12.7 Å². The molecule has 0 radical (unpaired) electrons. The molecule has 4 aromatic rings. The van der Waals surface area contributed by atoms with E-state index in [0.717, 1.165) is 0 Å². The number of ether oxygens (including phenoxy) is 5. The second-order valence-corrected chi connectivity index (χ2v) is 11.5. The maximum absolute atomic E-state index is 13.4. The SMILES string of the molecule is O=C(OC[C@H]1OC(OP(=O)(O)O)[C@H](OC(=O)c2ccccc2)[C@@H](OC(=O)c2ccccc2)[C@@H]1OC(=O)c1ccccc1)c1ccccc1. The quantitative estimate of drug-likeness (QED) is 0.130. The van der Waals surface area contributed by atoms with E-state index in [2.05, 4.69) is 0 Å². The number of phosphoric ester groups is 1. The summed E-state index contributed by atoms with van der Waals surface area (Å²) in [5, 5.41) is 0. The minimum atomic E-state index is -5.39. The van der Waals surface area contributed by atoms with Crippen molar-refractivity contribution in [2.45, 2.75) is 30.7 Å². The van der Waals surface area contributed by atoms with E-state index >= 15 is 0 Å². The van der Waals surface area contributed by atoms with E-state index in [4.69, 9.17) is 28.2 Å². The Labute approximate surface area is 274 Å². The molecule has 2 N–H and O–H groups in total. The Hall–Kier alpha value is -5.17. The van der Waals surface area contributed by atoms with E-state index in [0.29, 0.717) is 0 Å². The molecule has 0 amide bonds. The van der Waals surface area contributed by atoms with E-state index in [1.165, 1.54) is 48.5 Å². The fraction of sp³-hybridized carbons (Fsp3) is 0.176. The van der Waals surface area contributed by atoms with Gasteiger partial charge in [0, 0.05) is 0 Å². The Bertz CT molecular complexity index is 1750. The van der Waals surface area contributed by atoms with Gasteiger partial charge in [-0.25, -0.2) is 23.7 Å². The van der Waals surface area contributed by atoms with Crippen LogP contribution < -0.4 is 0 Å². The van der Waals surface area contributed by atoms with Crippen molar-refractivity contribution in [1.82, 2.24) is 0 Å². The Morgan fingerprint density at radius 3 is 1.29 bits per heavy atom. The number of esters is 4. The van der Waals surface area contributed by atoms with Crippen molar-refractivity contribution in [2.24, 2.45) is 0 Å². The molecule has 5 atom stereocenters. The normalized spacial score (nSPS) is 20.6. The lowest BCUT2D eigenvalue weighted by atomic mass is 9.97. The standard InChI is InChI=1S/C34H29O13P/c35-30(22-13-5-1-6-14-22)42-21-26-27(44-31(36)23-15-7-2-8-16-23)28(45-32(37)24-17-9-3-10-18-24)29(34(43-26)47-48(39,40)41)46-33(38)25-19-11-4-12-20-25/h1-20,26-29,34H,21H2,(H2,39,40,41)/t26-,27-,28+,29-,34?/m1/s1. The first-order valence-corrected chi connectivity index (χ1v) is 16.0. The molecule has 248 valence electrons. The van der Waals surface area contributed by atoms with Crippen LogP contribution >= 0.6 is 7.82 Å². The highest BCUT2D eigenvalue weighted by molar-refractivity contribution is 7.46. The van der Waals surface area contributed by atoms with Crippen molar-refractivity contribution in [3.05, 3.63) is 144 Å². The van der Waals surface area contributed by atoms with Gasteiger partial charge in [-0.1, -0.05) is 72.8 Å². The van der Waals surface area contributed by atoms with E-state index in [-0.39, 0.29) is 22.3 Å². The van der Waals surface area contributed by atoms with Gasteiger partial charge in [0.05, 0.1) is 22.3 Å². The van der Waals surface area contributed by atoms with Crippen LogP contribution in [0.3, 0.4) is 0 Å². The molecule has 0 bridgehead atoms. The highest BCUT2D eigenvalue weighted by Gasteiger charge is 2.55. The Kier molecular flexibility index (Phi) is 11.1. The summed E-state index contributed by atoms with van der Waals surface area (Å²) >= 11 is 0. The van der Waals surface area contributed by atoms with Crippen LogP contribution in [0.5, 0.6) is 0 Å². The molecule has 1 unspecified atom stereocenters. The molecule has 14 heteroatoms. The lowest BCUT2D eigenvalue weighted by molar-refractivity contribution is -0.278. The average Bonchev–Trinajstić information content (AvgIpc) is 3.10. The van der Waals surface area contributed by atoms with Gasteiger partial charge in [-0.3, -0.25) is 4.52 Å². The molecule has 5 rings (SSSR count). The zero-order chi connectivity index (χ0) is 34.1. The molecule has 1 aliphatic heterocycles. The van der Waals surface area contributed by atoms with Gasteiger partial charge in [0.15, 0.2) is 18.3 Å². The summed E-state index contributed by atoms with van der Waals surface area (Å²) in [5.74, 6) is -3.72. The third-order valence-corrected chi connectivity index (χ3v) is 7.46. The number of carbonyl (C=O) groups excluding carboxylic acids is 4. The van der Waals surface area contributed by atoms with Crippen LogP contribution in [-0.4, -0.2) is 71.0 Å². The van der Waals surface area contributed by atoms with E-state index in [9.17, 15) is 33.5 Å². The number of benzene rings is 4. The number of carbonyl (C=O) groups is 4. The lowest BCUT2D eigenvalue weighted by Crippen LogP contribution is -2.63. The second-order valence-electron chi connectivity index (χ2n) is 10.3. The third-order valence-electron chi connectivity index (χ3n) is 6.98. The molecule has 0 saturated carbocycles. The Morgan fingerprint density at radius 2 is 0.896 bits per heavy atom. The van der Waals surface area contributed by atoms with Gasteiger partial charge in [-0.2, -0.15) is 0 Å². The first-order chi connectivity index (χ1) is 23.1. The second kappa shape index (κ2) is 15.6. The van der Waals surface area contributed by atoms with Crippen molar-refractivity contribution in [3.8, 4) is 0 Å². The fourth-order valence-electron chi connectivity index (χ4n) is 4.75. The van der Waals surface area contributed by atoms with Crippen LogP contribution in [0.25, 0.3) is 0 Å². The van der Waals surface area contributed by atoms with Crippen LogP contribution in [-0.2, 0) is 32.8 Å². The molecule has 48 heavy (non-hydrogen) atoms. The number of hydrogen-bond donors (Lipinski definition) is 2. The average molecular weight is 677 g/mol. The maximum atomic E-state index is 13.4. The zero-order valence-corrected chi connectivity index (χ0v) is 25.9. The summed E-state index contributed by atoms with van der Waals surface area (Å²) in [5.41, 5.74) is 0.315. The van der Waals surface area contributed by atoms with Crippen LogP contribution in [0.1, 0.15) is 41.4 Å². The molecular weight excluding hydrogens is 647 g/mol. The zero-order valence-electron chi connectivity index (χ0n) is 25.0. The highest BCUT2D eigenvalue weighted by Crippen LogP contribution is 2.42. The predicted molar refractivity (Wildman–Crippen MR) is 165 cm³/mol. The summed E-state index contributed by atoms with van der Waals surface area (Å²) < 4.78 is 45.5. The first kappa shape index (κ1) is 34.2. The van der Waals surface area contributed by atoms with Crippen LogP contribution in [0.4, 0.5) is 0 Å². The number of hydrogen-bond acceptors (Lipinski definition) is 11. The summed E-state index contributed by atoms with van der Waals surface area (Å²) in [6.45, 7) is -0.680. The molecule has 0 aliphatic carbocycles. The van der Waals surface area contributed by atoms with Gasteiger partial charge in [-0.05, 0) is 48.5 Å². The van der Waals surface area contributed by atoms with Crippen molar-refractivity contribution in [3.63, 3.8) is 0 Å². The van der Waals surface area contributed by atoms with Crippen molar-refractivity contribution in [1.29, 1.82) is 0 Å². The monoisotopic (exact) mass is 676 g/mol. The molecular formula is C34H29O13P. The molecule has 1 heterocycles. The summed E-state index contributed by atoms with van der Waals surface area (Å²) in [7, 11) is -5.39. The molecule has 13 nitrogen and oxygen atoms in total. The van der Waals surface area contributed by atoms with Gasteiger partial charge >= 0.3 is 31.7 Å². The Morgan fingerprint density at radius 1 is 0.542 bits per heavy atom. The summed E-state index contributed by atoms with van der Waals surface area (Å²) in [6, 6.07) is 30.8. The van der Waals surface area contributed by atoms with Gasteiger partial charge < -0.3 is 33.5 Å². The van der Waals surface area contributed by atoms with Crippen LogP contribution in [0.15, 0.2) is 121 Å². The minimum absolute atomic E-state index is 0.0253. The predicted octanol–water partition coefficient (Wildman–Crippen LogP) is 4.35. The molecule has 1 fully saturated rings.